The lowest BCUT2D eigenvalue weighted by Gasteiger charge is -2.23. The first-order valence-electron chi connectivity index (χ1n) is 5.32. The summed E-state index contributed by atoms with van der Waals surface area (Å²) in [5.74, 6) is 0. The number of aromatic nitrogens is 1. The first kappa shape index (κ1) is 11.5. The van der Waals surface area contributed by atoms with Crippen molar-refractivity contribution in [1.82, 2.24) is 4.98 Å². The number of aliphatic hydroxyl groups is 1. The molecule has 0 saturated heterocycles. The van der Waals surface area contributed by atoms with E-state index in [0.29, 0.717) is 6.54 Å². The molecular weight excluding hydrogens is 220 g/mol. The number of nitrogens with two attached hydrogens (primary N) is 1. The zero-order valence-electron chi connectivity index (χ0n) is 9.31. The van der Waals surface area contributed by atoms with E-state index in [9.17, 15) is 5.11 Å². The van der Waals surface area contributed by atoms with Crippen molar-refractivity contribution < 1.29 is 5.11 Å². The highest BCUT2D eigenvalue weighted by Gasteiger charge is 2.23. The summed E-state index contributed by atoms with van der Waals surface area (Å²) in [7, 11) is 0. The third kappa shape index (κ3) is 2.24. The minimum absolute atomic E-state index is 0.0967. The van der Waals surface area contributed by atoms with Crippen LogP contribution in [0, 0.1) is 5.41 Å². The van der Waals surface area contributed by atoms with Gasteiger partial charge in [0, 0.05) is 18.4 Å². The molecule has 0 spiro atoms. The Morgan fingerprint density at radius 2 is 2.19 bits per heavy atom. The molecule has 1 heterocycles. The molecule has 3 nitrogen and oxygen atoms in total. The standard InChI is InChI=1S/C12H16N2OS/c1-12(7-13,8-15)6-11-14-9-4-2-3-5-10(9)16-11/h2-5,15H,6-8,13H2,1H3. The Kier molecular flexibility index (Phi) is 3.23. The average molecular weight is 236 g/mol. The molecule has 0 aliphatic rings. The Balaban J connectivity index is 2.27. The summed E-state index contributed by atoms with van der Waals surface area (Å²) in [6, 6.07) is 8.07. The van der Waals surface area contributed by atoms with Gasteiger partial charge in [0.05, 0.1) is 21.8 Å². The molecule has 0 radical (unpaired) electrons. The van der Waals surface area contributed by atoms with Crippen molar-refractivity contribution in [2.75, 3.05) is 13.2 Å². The zero-order valence-corrected chi connectivity index (χ0v) is 10.1. The summed E-state index contributed by atoms with van der Waals surface area (Å²) in [5, 5.41) is 10.4. The largest absolute Gasteiger partial charge is 0.396 e. The maximum absolute atomic E-state index is 9.32. The highest BCUT2D eigenvalue weighted by Crippen LogP contribution is 2.27. The van der Waals surface area contributed by atoms with Crippen LogP contribution in [-0.4, -0.2) is 23.2 Å². The van der Waals surface area contributed by atoms with Gasteiger partial charge in [0.15, 0.2) is 0 Å². The molecule has 4 heteroatoms. The van der Waals surface area contributed by atoms with E-state index in [4.69, 9.17) is 5.73 Å². The highest BCUT2D eigenvalue weighted by atomic mass is 32.1. The highest BCUT2D eigenvalue weighted by molar-refractivity contribution is 7.18. The Morgan fingerprint density at radius 1 is 1.44 bits per heavy atom. The third-order valence-electron chi connectivity index (χ3n) is 2.79. The molecule has 3 N–H and O–H groups in total. The minimum atomic E-state index is -0.256. The van der Waals surface area contributed by atoms with Gasteiger partial charge in [-0.05, 0) is 12.1 Å². The fourth-order valence-corrected chi connectivity index (χ4v) is 2.74. The van der Waals surface area contributed by atoms with E-state index in [-0.39, 0.29) is 12.0 Å². The van der Waals surface area contributed by atoms with Gasteiger partial charge in [-0.25, -0.2) is 4.98 Å². The van der Waals surface area contributed by atoms with Gasteiger partial charge in [0.25, 0.3) is 0 Å². The molecule has 86 valence electrons. The lowest BCUT2D eigenvalue weighted by Crippen LogP contribution is -2.33. The SMILES string of the molecule is CC(CN)(CO)Cc1nc2ccccc2s1. The summed E-state index contributed by atoms with van der Waals surface area (Å²) in [6.45, 7) is 2.55. The van der Waals surface area contributed by atoms with Gasteiger partial charge in [0.1, 0.15) is 0 Å². The van der Waals surface area contributed by atoms with Crippen LogP contribution in [0.25, 0.3) is 10.2 Å². The van der Waals surface area contributed by atoms with Crippen LogP contribution in [-0.2, 0) is 6.42 Å². The molecule has 2 rings (SSSR count). The zero-order chi connectivity index (χ0) is 11.6. The van der Waals surface area contributed by atoms with E-state index in [1.807, 2.05) is 25.1 Å². The molecule has 0 bridgehead atoms. The molecule has 1 atom stereocenters. The van der Waals surface area contributed by atoms with Crippen molar-refractivity contribution in [2.45, 2.75) is 13.3 Å². The number of benzene rings is 1. The Labute approximate surface area is 98.9 Å². The predicted octanol–water partition coefficient (Wildman–Crippen LogP) is 1.80. The van der Waals surface area contributed by atoms with Crippen LogP contribution in [0.2, 0.25) is 0 Å². The summed E-state index contributed by atoms with van der Waals surface area (Å²) in [6.07, 6.45) is 0.735. The van der Waals surface area contributed by atoms with E-state index in [1.165, 1.54) is 4.70 Å². The van der Waals surface area contributed by atoms with Gasteiger partial charge < -0.3 is 10.8 Å². The Morgan fingerprint density at radius 3 is 2.81 bits per heavy atom. The number of hydrogen-bond donors (Lipinski definition) is 2. The molecule has 16 heavy (non-hydrogen) atoms. The summed E-state index contributed by atoms with van der Waals surface area (Å²) < 4.78 is 1.19. The summed E-state index contributed by atoms with van der Waals surface area (Å²) >= 11 is 1.68. The van der Waals surface area contributed by atoms with Gasteiger partial charge >= 0.3 is 0 Å². The second-order valence-corrected chi connectivity index (χ2v) is 5.54. The summed E-state index contributed by atoms with van der Waals surface area (Å²) in [5.41, 5.74) is 6.45. The van der Waals surface area contributed by atoms with Crippen LogP contribution in [0.4, 0.5) is 0 Å². The number of fused-ring (bicyclic) bond motifs is 1. The number of thiazole rings is 1. The molecule has 1 aromatic carbocycles. The molecule has 0 fully saturated rings. The lowest BCUT2D eigenvalue weighted by atomic mass is 9.88. The molecule has 0 aliphatic carbocycles. The Hall–Kier alpha value is -0.970. The van der Waals surface area contributed by atoms with Crippen LogP contribution < -0.4 is 5.73 Å². The van der Waals surface area contributed by atoms with Crippen molar-refractivity contribution in [3.05, 3.63) is 29.3 Å². The van der Waals surface area contributed by atoms with Crippen molar-refractivity contribution in [2.24, 2.45) is 11.1 Å². The Bertz CT molecular complexity index is 444. The predicted molar refractivity (Wildman–Crippen MR) is 67.6 cm³/mol. The van der Waals surface area contributed by atoms with Gasteiger partial charge in [0.2, 0.25) is 0 Å². The number of hydrogen-bond acceptors (Lipinski definition) is 4. The first-order valence-corrected chi connectivity index (χ1v) is 6.14. The van der Waals surface area contributed by atoms with Gasteiger partial charge in [-0.3, -0.25) is 0 Å². The fourth-order valence-electron chi connectivity index (χ4n) is 1.55. The number of rotatable bonds is 4. The van der Waals surface area contributed by atoms with E-state index in [0.717, 1.165) is 16.9 Å². The van der Waals surface area contributed by atoms with E-state index in [2.05, 4.69) is 11.1 Å². The van der Waals surface area contributed by atoms with Gasteiger partial charge in [-0.2, -0.15) is 0 Å². The summed E-state index contributed by atoms with van der Waals surface area (Å²) in [4.78, 5) is 4.55. The minimum Gasteiger partial charge on any atom is -0.396 e. The molecule has 2 aromatic rings. The van der Waals surface area contributed by atoms with Crippen molar-refractivity contribution in [1.29, 1.82) is 0 Å². The quantitative estimate of drug-likeness (QED) is 0.851. The van der Waals surface area contributed by atoms with E-state index < -0.39 is 0 Å². The maximum Gasteiger partial charge on any atom is 0.0945 e. The van der Waals surface area contributed by atoms with Crippen LogP contribution >= 0.6 is 11.3 Å². The molecule has 1 unspecified atom stereocenters. The smallest absolute Gasteiger partial charge is 0.0945 e. The van der Waals surface area contributed by atoms with Crippen LogP contribution in [0.15, 0.2) is 24.3 Å². The molecule has 0 aliphatic heterocycles. The lowest BCUT2D eigenvalue weighted by molar-refractivity contribution is 0.149. The van der Waals surface area contributed by atoms with Gasteiger partial charge in [-0.15, -0.1) is 11.3 Å². The molecule has 0 saturated carbocycles. The molecule has 0 amide bonds. The maximum atomic E-state index is 9.32. The normalized spacial score (nSPS) is 15.2. The van der Waals surface area contributed by atoms with E-state index >= 15 is 0 Å². The number of para-hydroxylation sites is 1. The first-order chi connectivity index (χ1) is 7.67. The average Bonchev–Trinajstić information content (AvgIpc) is 2.70. The van der Waals surface area contributed by atoms with Crippen LogP contribution in [0.5, 0.6) is 0 Å². The van der Waals surface area contributed by atoms with Crippen molar-refractivity contribution >= 4 is 21.6 Å². The topological polar surface area (TPSA) is 59.1 Å². The number of aliphatic hydroxyl groups excluding tert-OH is 1. The van der Waals surface area contributed by atoms with Crippen LogP contribution in [0.1, 0.15) is 11.9 Å². The van der Waals surface area contributed by atoms with E-state index in [1.54, 1.807) is 11.3 Å². The van der Waals surface area contributed by atoms with Crippen molar-refractivity contribution in [3.8, 4) is 0 Å². The third-order valence-corrected chi connectivity index (χ3v) is 3.83. The van der Waals surface area contributed by atoms with Gasteiger partial charge in [-0.1, -0.05) is 19.1 Å². The second kappa shape index (κ2) is 4.49. The van der Waals surface area contributed by atoms with Crippen LogP contribution in [0.3, 0.4) is 0 Å². The monoisotopic (exact) mass is 236 g/mol. The number of nitrogens with zero attached hydrogens (tertiary/aromatic N) is 1. The van der Waals surface area contributed by atoms with Crippen molar-refractivity contribution in [3.63, 3.8) is 0 Å². The molecule has 1 aromatic heterocycles. The second-order valence-electron chi connectivity index (χ2n) is 4.43. The fraction of sp³-hybridized carbons (Fsp3) is 0.417. The molecular formula is C12H16N2OS.